The number of alkyl halides is 2. The Morgan fingerprint density at radius 1 is 1.39 bits per heavy atom. The highest BCUT2D eigenvalue weighted by molar-refractivity contribution is 5.95. The highest BCUT2D eigenvalue weighted by Crippen LogP contribution is 2.33. The summed E-state index contributed by atoms with van der Waals surface area (Å²) < 4.78 is 27.1. The van der Waals surface area contributed by atoms with Crippen LogP contribution in [-0.4, -0.2) is 50.8 Å². The van der Waals surface area contributed by atoms with Gasteiger partial charge in [-0.25, -0.2) is 18.5 Å². The summed E-state index contributed by atoms with van der Waals surface area (Å²) in [6.07, 6.45) is -0.696. The van der Waals surface area contributed by atoms with Gasteiger partial charge < -0.3 is 4.90 Å². The van der Waals surface area contributed by atoms with Gasteiger partial charge in [-0.2, -0.15) is 15.3 Å². The highest BCUT2D eigenvalue weighted by Gasteiger charge is 2.33. The minimum Gasteiger partial charge on any atom is -0.338 e. The molecular formula is C22H24F2N6O. The number of likely N-dealkylation sites (tertiary alicyclic amines) is 1. The third-order valence-corrected chi connectivity index (χ3v) is 5.52. The van der Waals surface area contributed by atoms with Crippen LogP contribution >= 0.6 is 0 Å². The van der Waals surface area contributed by atoms with Crippen molar-refractivity contribution in [1.82, 2.24) is 19.7 Å². The first kappa shape index (κ1) is 22.3. The Morgan fingerprint density at radius 2 is 2.13 bits per heavy atom. The fourth-order valence-electron chi connectivity index (χ4n) is 3.72. The summed E-state index contributed by atoms with van der Waals surface area (Å²) in [6, 6.07) is 7.17. The van der Waals surface area contributed by atoms with E-state index in [9.17, 15) is 18.8 Å². The van der Waals surface area contributed by atoms with Crippen LogP contribution in [0.3, 0.4) is 0 Å². The minimum atomic E-state index is -2.69. The number of hydrogen-bond donors (Lipinski definition) is 0. The van der Waals surface area contributed by atoms with Crippen LogP contribution in [0.2, 0.25) is 0 Å². The van der Waals surface area contributed by atoms with E-state index >= 15 is 0 Å². The van der Waals surface area contributed by atoms with Crippen molar-refractivity contribution in [2.45, 2.75) is 33.6 Å². The van der Waals surface area contributed by atoms with E-state index in [1.54, 1.807) is 23.1 Å². The smallest absolute Gasteiger partial charge is 0.276 e. The maximum atomic E-state index is 13.1. The van der Waals surface area contributed by atoms with Crippen LogP contribution in [0.15, 0.2) is 36.1 Å². The van der Waals surface area contributed by atoms with Gasteiger partial charge in [0.05, 0.1) is 17.3 Å². The number of nitriles is 1. The number of piperidine rings is 1. The van der Waals surface area contributed by atoms with Crippen molar-refractivity contribution in [3.63, 3.8) is 0 Å². The number of carbonyl (C=O) groups excluding carboxylic acids is 1. The summed E-state index contributed by atoms with van der Waals surface area (Å²) in [5.74, 6) is -0.0764. The zero-order chi connectivity index (χ0) is 22.7. The second-order valence-electron chi connectivity index (χ2n) is 7.84. The molecule has 1 amide bonds. The molecular weight excluding hydrogens is 402 g/mol. The number of aryl methyl sites for hydroxylation is 1. The molecule has 162 valence electrons. The predicted octanol–water partition coefficient (Wildman–Crippen LogP) is 4.08. The molecule has 3 rings (SSSR count). The SMILES string of the molecule is C=C([C@@H]1CN(C(=O)c2cc(C)cc(C#N)c2)CC[C@H]1C)n1ncnc1N=C(C)C(F)F. The van der Waals surface area contributed by atoms with Gasteiger partial charge in [0.2, 0.25) is 0 Å². The lowest BCUT2D eigenvalue weighted by molar-refractivity contribution is 0.0653. The number of carbonyl (C=O) groups is 1. The Kier molecular flexibility index (Phi) is 6.59. The number of hydrogen-bond acceptors (Lipinski definition) is 5. The lowest BCUT2D eigenvalue weighted by Crippen LogP contribution is -2.44. The number of amides is 1. The van der Waals surface area contributed by atoms with Gasteiger partial charge >= 0.3 is 0 Å². The number of benzene rings is 1. The second-order valence-corrected chi connectivity index (χ2v) is 7.84. The van der Waals surface area contributed by atoms with Crippen molar-refractivity contribution in [3.8, 4) is 6.07 Å². The van der Waals surface area contributed by atoms with Gasteiger partial charge in [0.1, 0.15) is 6.33 Å². The molecule has 1 fully saturated rings. The average molecular weight is 426 g/mol. The molecule has 31 heavy (non-hydrogen) atoms. The average Bonchev–Trinajstić information content (AvgIpc) is 3.20. The Balaban J connectivity index is 1.84. The molecule has 7 nitrogen and oxygen atoms in total. The van der Waals surface area contributed by atoms with E-state index in [4.69, 9.17) is 0 Å². The second kappa shape index (κ2) is 9.16. The van der Waals surface area contributed by atoms with Gasteiger partial charge in [-0.1, -0.05) is 13.5 Å². The third kappa shape index (κ3) is 4.85. The maximum absolute atomic E-state index is 13.1. The number of aliphatic imine (C=N–C) groups is 1. The molecule has 0 aliphatic carbocycles. The molecule has 2 atom stereocenters. The van der Waals surface area contributed by atoms with E-state index in [2.05, 4.69) is 34.6 Å². The van der Waals surface area contributed by atoms with Gasteiger partial charge in [0.15, 0.2) is 0 Å². The zero-order valence-electron chi connectivity index (χ0n) is 17.7. The van der Waals surface area contributed by atoms with Crippen LogP contribution < -0.4 is 0 Å². The molecule has 1 aliphatic rings. The minimum absolute atomic E-state index is 0.0378. The van der Waals surface area contributed by atoms with E-state index in [1.807, 2.05) is 6.92 Å². The number of nitrogens with zero attached hydrogens (tertiary/aromatic N) is 6. The van der Waals surface area contributed by atoms with Crippen LogP contribution in [0.5, 0.6) is 0 Å². The Bertz CT molecular complexity index is 1070. The first-order valence-corrected chi connectivity index (χ1v) is 9.94. The molecule has 2 heterocycles. The van der Waals surface area contributed by atoms with E-state index in [-0.39, 0.29) is 29.4 Å². The third-order valence-electron chi connectivity index (χ3n) is 5.52. The maximum Gasteiger partial charge on any atom is 0.276 e. The van der Waals surface area contributed by atoms with Gasteiger partial charge in [0, 0.05) is 30.3 Å². The Morgan fingerprint density at radius 3 is 2.81 bits per heavy atom. The lowest BCUT2D eigenvalue weighted by atomic mass is 9.84. The van der Waals surface area contributed by atoms with E-state index < -0.39 is 6.43 Å². The molecule has 1 aromatic carbocycles. The monoisotopic (exact) mass is 426 g/mol. The standard InChI is InChI=1S/C22H24F2N6O/c1-13-7-17(10-25)9-18(8-13)21(31)29-6-5-14(2)19(11-29)16(4)30-22(26-12-27-30)28-15(3)20(23)24/h7-9,12,14,19-20H,4-6,11H2,1-3H3/t14-,19-/m1/s1. The van der Waals surface area contributed by atoms with E-state index in [0.29, 0.717) is 29.9 Å². The van der Waals surface area contributed by atoms with Gasteiger partial charge in [-0.05, 0) is 49.9 Å². The van der Waals surface area contributed by atoms with E-state index in [0.717, 1.165) is 12.0 Å². The van der Waals surface area contributed by atoms with Crippen molar-refractivity contribution >= 4 is 23.3 Å². The molecule has 1 aromatic heterocycles. The van der Waals surface area contributed by atoms with Crippen LogP contribution in [-0.2, 0) is 0 Å². The summed E-state index contributed by atoms with van der Waals surface area (Å²) >= 11 is 0. The topological polar surface area (TPSA) is 87.2 Å². The van der Waals surface area contributed by atoms with Crippen molar-refractivity contribution < 1.29 is 13.6 Å². The van der Waals surface area contributed by atoms with Crippen molar-refractivity contribution in [3.05, 3.63) is 47.8 Å². The summed E-state index contributed by atoms with van der Waals surface area (Å²) in [6.45, 7) is 10.2. The first-order chi connectivity index (χ1) is 14.7. The molecule has 0 unspecified atom stereocenters. The molecule has 0 N–H and O–H groups in total. The van der Waals surface area contributed by atoms with Gasteiger partial charge in [-0.3, -0.25) is 4.79 Å². The van der Waals surface area contributed by atoms with Gasteiger partial charge in [-0.15, -0.1) is 0 Å². The van der Waals surface area contributed by atoms with Crippen molar-refractivity contribution in [2.75, 3.05) is 13.1 Å². The Hall–Kier alpha value is -3.41. The number of rotatable bonds is 5. The quantitative estimate of drug-likeness (QED) is 0.674. The first-order valence-electron chi connectivity index (χ1n) is 9.94. The lowest BCUT2D eigenvalue weighted by Gasteiger charge is -2.38. The van der Waals surface area contributed by atoms with Crippen LogP contribution in [0.4, 0.5) is 14.7 Å². The van der Waals surface area contributed by atoms with Crippen molar-refractivity contribution in [2.24, 2.45) is 16.8 Å². The zero-order valence-corrected chi connectivity index (χ0v) is 17.7. The molecule has 9 heteroatoms. The fourth-order valence-corrected chi connectivity index (χ4v) is 3.72. The van der Waals surface area contributed by atoms with Crippen LogP contribution in [0, 0.1) is 30.1 Å². The Labute approximate surface area is 179 Å². The predicted molar refractivity (Wildman–Crippen MR) is 113 cm³/mol. The molecule has 1 aliphatic heterocycles. The normalized spacial score (nSPS) is 19.4. The molecule has 1 saturated heterocycles. The highest BCUT2D eigenvalue weighted by atomic mass is 19.3. The number of aromatic nitrogens is 3. The summed E-state index contributed by atoms with van der Waals surface area (Å²) in [5, 5.41) is 13.3. The molecule has 0 spiro atoms. The molecule has 0 radical (unpaired) electrons. The van der Waals surface area contributed by atoms with E-state index in [1.165, 1.54) is 17.9 Å². The van der Waals surface area contributed by atoms with Gasteiger partial charge in [0.25, 0.3) is 18.3 Å². The summed E-state index contributed by atoms with van der Waals surface area (Å²) in [4.78, 5) is 22.7. The van der Waals surface area contributed by atoms with Crippen LogP contribution in [0.1, 0.15) is 41.8 Å². The largest absolute Gasteiger partial charge is 0.338 e. The number of halogens is 2. The summed E-state index contributed by atoms with van der Waals surface area (Å²) in [5.41, 5.74) is 1.94. The summed E-state index contributed by atoms with van der Waals surface area (Å²) in [7, 11) is 0. The van der Waals surface area contributed by atoms with Crippen molar-refractivity contribution in [1.29, 1.82) is 5.26 Å². The molecule has 2 aromatic rings. The van der Waals surface area contributed by atoms with Crippen LogP contribution in [0.25, 0.3) is 5.70 Å². The molecule has 0 bridgehead atoms. The molecule has 0 saturated carbocycles. The fraction of sp³-hybridized carbons (Fsp3) is 0.409.